The maximum absolute atomic E-state index is 5.69. The van der Waals surface area contributed by atoms with Gasteiger partial charge in [-0.05, 0) is 21.0 Å². The molecule has 2 atom stereocenters. The van der Waals surface area contributed by atoms with Crippen LogP contribution in [0.15, 0.2) is 4.52 Å². The van der Waals surface area contributed by atoms with Crippen molar-refractivity contribution in [1.29, 1.82) is 0 Å². The van der Waals surface area contributed by atoms with E-state index >= 15 is 0 Å². The zero-order chi connectivity index (χ0) is 12.4. The van der Waals surface area contributed by atoms with Gasteiger partial charge in [-0.1, -0.05) is 5.16 Å². The van der Waals surface area contributed by atoms with E-state index in [1.165, 1.54) is 0 Å². The number of hydrogen-bond acceptors (Lipinski definition) is 6. The van der Waals surface area contributed by atoms with Crippen LogP contribution >= 0.6 is 0 Å². The van der Waals surface area contributed by atoms with Gasteiger partial charge >= 0.3 is 0 Å². The third kappa shape index (κ3) is 3.02. The first-order chi connectivity index (χ1) is 8.06. The molecule has 0 aromatic carbocycles. The molecular formula is C11H21N5O. The minimum absolute atomic E-state index is 0.192. The lowest BCUT2D eigenvalue weighted by molar-refractivity contribution is 0.113. The van der Waals surface area contributed by atoms with Crippen molar-refractivity contribution < 1.29 is 4.52 Å². The van der Waals surface area contributed by atoms with Gasteiger partial charge in [0.25, 0.3) is 0 Å². The number of likely N-dealkylation sites (N-methyl/N-ethyl adjacent to an activating group) is 2. The third-order valence-electron chi connectivity index (χ3n) is 3.27. The van der Waals surface area contributed by atoms with Crippen LogP contribution in [0, 0.1) is 0 Å². The van der Waals surface area contributed by atoms with Crippen LogP contribution in [0.25, 0.3) is 0 Å². The number of nitrogens with two attached hydrogens (primary N) is 1. The van der Waals surface area contributed by atoms with E-state index in [1.54, 1.807) is 0 Å². The normalized spacial score (nSPS) is 25.1. The molecule has 1 aromatic heterocycles. The first-order valence-corrected chi connectivity index (χ1v) is 6.03. The molecular weight excluding hydrogens is 218 g/mol. The quantitative estimate of drug-likeness (QED) is 0.793. The van der Waals surface area contributed by atoms with Crippen molar-refractivity contribution >= 4 is 0 Å². The Bertz CT molecular complexity index is 364. The van der Waals surface area contributed by atoms with Crippen molar-refractivity contribution in [2.45, 2.75) is 25.4 Å². The highest BCUT2D eigenvalue weighted by atomic mass is 16.5. The van der Waals surface area contributed by atoms with Gasteiger partial charge in [-0.15, -0.1) is 0 Å². The minimum Gasteiger partial charge on any atom is -0.338 e. The predicted molar refractivity (Wildman–Crippen MR) is 64.5 cm³/mol. The van der Waals surface area contributed by atoms with Crippen LogP contribution < -0.4 is 5.73 Å². The van der Waals surface area contributed by atoms with Crippen LogP contribution in [0.4, 0.5) is 0 Å². The van der Waals surface area contributed by atoms with E-state index in [1.807, 2.05) is 6.92 Å². The van der Waals surface area contributed by atoms with Gasteiger partial charge in [0.15, 0.2) is 5.82 Å². The second kappa shape index (κ2) is 5.12. The van der Waals surface area contributed by atoms with Gasteiger partial charge in [-0.3, -0.25) is 0 Å². The Balaban J connectivity index is 1.98. The van der Waals surface area contributed by atoms with Gasteiger partial charge in [-0.2, -0.15) is 4.98 Å². The Kier molecular flexibility index (Phi) is 3.76. The van der Waals surface area contributed by atoms with Crippen molar-refractivity contribution in [3.8, 4) is 0 Å². The van der Waals surface area contributed by atoms with Crippen LogP contribution in [0.1, 0.15) is 24.7 Å². The molecule has 1 aliphatic heterocycles. The fraction of sp³-hybridized carbons (Fsp3) is 0.818. The fourth-order valence-electron chi connectivity index (χ4n) is 2.07. The van der Waals surface area contributed by atoms with Crippen molar-refractivity contribution in [1.82, 2.24) is 19.9 Å². The summed E-state index contributed by atoms with van der Waals surface area (Å²) >= 11 is 0. The molecule has 17 heavy (non-hydrogen) atoms. The molecule has 0 aliphatic carbocycles. The predicted octanol–water partition coefficient (Wildman–Crippen LogP) is -0.122. The SMILES string of the molecule is C[C@@H](N)c1nc(CC2CN(C)CCN2C)no1. The Labute approximate surface area is 102 Å². The Morgan fingerprint density at radius 1 is 1.47 bits per heavy atom. The Hall–Kier alpha value is -0.980. The van der Waals surface area contributed by atoms with Gasteiger partial charge in [0.2, 0.25) is 5.89 Å². The van der Waals surface area contributed by atoms with E-state index in [0.717, 1.165) is 31.9 Å². The molecule has 96 valence electrons. The molecule has 0 radical (unpaired) electrons. The van der Waals surface area contributed by atoms with E-state index in [2.05, 4.69) is 34.0 Å². The molecule has 1 aliphatic rings. The van der Waals surface area contributed by atoms with Gasteiger partial charge in [0.1, 0.15) is 0 Å². The summed E-state index contributed by atoms with van der Waals surface area (Å²) in [6.45, 7) is 5.08. The summed E-state index contributed by atoms with van der Waals surface area (Å²) in [5.41, 5.74) is 5.69. The highest BCUT2D eigenvalue weighted by Crippen LogP contribution is 2.12. The second-order valence-corrected chi connectivity index (χ2v) is 4.94. The Morgan fingerprint density at radius 3 is 2.88 bits per heavy atom. The van der Waals surface area contributed by atoms with Crippen LogP contribution in [-0.2, 0) is 6.42 Å². The molecule has 1 unspecified atom stereocenters. The lowest BCUT2D eigenvalue weighted by Gasteiger charge is -2.37. The smallest absolute Gasteiger partial charge is 0.243 e. The standard InChI is InChI=1S/C11H21N5O/c1-8(12)11-13-10(14-17-11)6-9-7-15(2)4-5-16(9)3/h8-9H,4-7,12H2,1-3H3/t8-,9?/m1/s1. The van der Waals surface area contributed by atoms with Gasteiger partial charge < -0.3 is 20.1 Å². The molecule has 6 heteroatoms. The number of piperazine rings is 1. The lowest BCUT2D eigenvalue weighted by Crippen LogP contribution is -2.50. The molecule has 6 nitrogen and oxygen atoms in total. The third-order valence-corrected chi connectivity index (χ3v) is 3.27. The molecule has 2 N–H and O–H groups in total. The molecule has 0 bridgehead atoms. The highest BCUT2D eigenvalue weighted by molar-refractivity contribution is 4.94. The molecule has 2 rings (SSSR count). The number of nitrogens with zero attached hydrogens (tertiary/aromatic N) is 4. The maximum Gasteiger partial charge on any atom is 0.243 e. The number of aromatic nitrogens is 2. The van der Waals surface area contributed by atoms with Crippen LogP contribution in [0.5, 0.6) is 0 Å². The summed E-state index contributed by atoms with van der Waals surface area (Å²) in [7, 11) is 4.29. The van der Waals surface area contributed by atoms with Crippen molar-refractivity contribution in [3.63, 3.8) is 0 Å². The van der Waals surface area contributed by atoms with Gasteiger partial charge in [0.05, 0.1) is 6.04 Å². The molecule has 0 saturated carbocycles. The van der Waals surface area contributed by atoms with Crippen molar-refractivity contribution in [2.24, 2.45) is 5.73 Å². The lowest BCUT2D eigenvalue weighted by atomic mass is 10.1. The monoisotopic (exact) mass is 239 g/mol. The summed E-state index contributed by atoms with van der Waals surface area (Å²) in [6.07, 6.45) is 0.817. The van der Waals surface area contributed by atoms with E-state index in [4.69, 9.17) is 10.3 Å². The largest absolute Gasteiger partial charge is 0.338 e. The Morgan fingerprint density at radius 2 is 2.24 bits per heavy atom. The summed E-state index contributed by atoms with van der Waals surface area (Å²) in [4.78, 5) is 9.00. The van der Waals surface area contributed by atoms with Gasteiger partial charge in [0, 0.05) is 32.1 Å². The minimum atomic E-state index is -0.192. The molecule has 1 saturated heterocycles. The fourth-order valence-corrected chi connectivity index (χ4v) is 2.07. The van der Waals surface area contributed by atoms with Crippen LogP contribution in [0.2, 0.25) is 0 Å². The maximum atomic E-state index is 5.69. The van der Waals surface area contributed by atoms with E-state index in [9.17, 15) is 0 Å². The zero-order valence-corrected chi connectivity index (χ0v) is 10.8. The van der Waals surface area contributed by atoms with Crippen LogP contribution in [-0.4, -0.2) is 59.7 Å². The average Bonchev–Trinajstić information content (AvgIpc) is 2.72. The first-order valence-electron chi connectivity index (χ1n) is 6.03. The summed E-state index contributed by atoms with van der Waals surface area (Å²) in [5.74, 6) is 1.27. The second-order valence-electron chi connectivity index (χ2n) is 4.94. The molecule has 0 spiro atoms. The number of hydrogen-bond donors (Lipinski definition) is 1. The van der Waals surface area contributed by atoms with Crippen molar-refractivity contribution in [3.05, 3.63) is 11.7 Å². The highest BCUT2D eigenvalue weighted by Gasteiger charge is 2.24. The summed E-state index contributed by atoms with van der Waals surface area (Å²) in [5, 5.41) is 3.98. The number of rotatable bonds is 3. The summed E-state index contributed by atoms with van der Waals surface area (Å²) < 4.78 is 5.11. The van der Waals surface area contributed by atoms with E-state index in [-0.39, 0.29) is 6.04 Å². The van der Waals surface area contributed by atoms with Crippen molar-refractivity contribution in [2.75, 3.05) is 33.7 Å². The molecule has 1 aromatic rings. The van der Waals surface area contributed by atoms with E-state index < -0.39 is 0 Å². The zero-order valence-electron chi connectivity index (χ0n) is 10.8. The summed E-state index contributed by atoms with van der Waals surface area (Å²) in [6, 6.07) is 0.260. The van der Waals surface area contributed by atoms with Crippen LogP contribution in [0.3, 0.4) is 0 Å². The first kappa shape index (κ1) is 12.5. The molecule has 1 fully saturated rings. The van der Waals surface area contributed by atoms with Gasteiger partial charge in [-0.25, -0.2) is 0 Å². The average molecular weight is 239 g/mol. The molecule has 0 amide bonds. The molecule has 2 heterocycles. The topological polar surface area (TPSA) is 71.4 Å². The van der Waals surface area contributed by atoms with E-state index in [0.29, 0.717) is 11.9 Å².